The van der Waals surface area contributed by atoms with Crippen LogP contribution in [0.5, 0.6) is 5.75 Å². The summed E-state index contributed by atoms with van der Waals surface area (Å²) in [6, 6.07) is 4.29. The molecule has 90 valence electrons. The molecule has 0 aliphatic heterocycles. The predicted molar refractivity (Wildman–Crippen MR) is 69.0 cm³/mol. The van der Waals surface area contributed by atoms with Gasteiger partial charge in [-0.05, 0) is 19.3 Å². The number of hydrogen-bond donors (Lipinski definition) is 1. The molecule has 0 spiro atoms. The van der Waals surface area contributed by atoms with Gasteiger partial charge in [-0.1, -0.05) is 38.5 Å². The van der Waals surface area contributed by atoms with Crippen molar-refractivity contribution in [3.05, 3.63) is 28.8 Å². The molecular formula is C14H23NO. The number of hydrogen-bond acceptors (Lipinski definition) is 2. The van der Waals surface area contributed by atoms with Gasteiger partial charge < -0.3 is 10.5 Å². The van der Waals surface area contributed by atoms with E-state index in [4.69, 9.17) is 10.5 Å². The summed E-state index contributed by atoms with van der Waals surface area (Å²) < 4.78 is 5.54. The van der Waals surface area contributed by atoms with Gasteiger partial charge in [0.1, 0.15) is 5.75 Å². The largest absolute Gasteiger partial charge is 0.496 e. The second kappa shape index (κ2) is 4.46. The Balaban J connectivity index is 3.49. The third-order valence-electron chi connectivity index (χ3n) is 2.76. The maximum atomic E-state index is 5.99. The molecule has 2 heteroatoms. The van der Waals surface area contributed by atoms with Crippen molar-refractivity contribution >= 4 is 0 Å². The van der Waals surface area contributed by atoms with E-state index in [1.54, 1.807) is 7.11 Å². The second-order valence-electron chi connectivity index (χ2n) is 5.47. The van der Waals surface area contributed by atoms with E-state index in [2.05, 4.69) is 39.8 Å². The van der Waals surface area contributed by atoms with E-state index in [9.17, 15) is 0 Å². The van der Waals surface area contributed by atoms with E-state index >= 15 is 0 Å². The van der Waals surface area contributed by atoms with Gasteiger partial charge in [-0.25, -0.2) is 0 Å². The number of rotatable bonds is 2. The van der Waals surface area contributed by atoms with Crippen LogP contribution in [0.15, 0.2) is 12.1 Å². The Morgan fingerprint density at radius 3 is 2.19 bits per heavy atom. The zero-order chi connectivity index (χ0) is 12.5. The smallest absolute Gasteiger partial charge is 0.127 e. The molecule has 0 radical (unpaired) electrons. The number of methoxy groups -OCH3 is 1. The third-order valence-corrected chi connectivity index (χ3v) is 2.76. The molecule has 0 bridgehead atoms. The van der Waals surface area contributed by atoms with E-state index in [0.717, 1.165) is 11.3 Å². The molecule has 0 saturated heterocycles. The van der Waals surface area contributed by atoms with E-state index in [1.165, 1.54) is 11.1 Å². The quantitative estimate of drug-likeness (QED) is 0.831. The lowest BCUT2D eigenvalue weighted by atomic mass is 9.83. The minimum Gasteiger partial charge on any atom is -0.496 e. The van der Waals surface area contributed by atoms with Crippen molar-refractivity contribution in [2.45, 2.75) is 46.1 Å². The van der Waals surface area contributed by atoms with Crippen molar-refractivity contribution in [2.24, 2.45) is 5.73 Å². The Bertz CT molecular complexity index is 375. The van der Waals surface area contributed by atoms with Gasteiger partial charge in [0.2, 0.25) is 0 Å². The lowest BCUT2D eigenvalue weighted by Gasteiger charge is -2.25. The highest BCUT2D eigenvalue weighted by Crippen LogP contribution is 2.37. The molecule has 1 aromatic rings. The zero-order valence-electron chi connectivity index (χ0n) is 11.2. The fraction of sp³-hybridized carbons (Fsp3) is 0.571. The Hall–Kier alpha value is -1.02. The van der Waals surface area contributed by atoms with Gasteiger partial charge in [0.15, 0.2) is 0 Å². The molecule has 0 aliphatic rings. The minimum atomic E-state index is -0.00375. The van der Waals surface area contributed by atoms with Crippen LogP contribution < -0.4 is 10.5 Å². The van der Waals surface area contributed by atoms with Crippen LogP contribution in [0.4, 0.5) is 0 Å². The second-order valence-corrected chi connectivity index (χ2v) is 5.47. The molecule has 2 nitrogen and oxygen atoms in total. The molecular weight excluding hydrogens is 198 g/mol. The summed E-state index contributed by atoms with van der Waals surface area (Å²) in [5.74, 6) is 0.938. The molecule has 1 aromatic carbocycles. The molecule has 1 unspecified atom stereocenters. The standard InChI is InChI=1S/C14H23NO/c1-9-7-11(10(2)15)13(16-6)12(8-9)14(3,4)5/h7-8,10H,15H2,1-6H3. The van der Waals surface area contributed by atoms with Crippen LogP contribution >= 0.6 is 0 Å². The lowest BCUT2D eigenvalue weighted by molar-refractivity contribution is 0.390. The Morgan fingerprint density at radius 2 is 1.81 bits per heavy atom. The highest BCUT2D eigenvalue weighted by Gasteiger charge is 2.22. The van der Waals surface area contributed by atoms with Crippen LogP contribution in [0.25, 0.3) is 0 Å². The van der Waals surface area contributed by atoms with E-state index in [1.807, 2.05) is 6.92 Å². The SMILES string of the molecule is COc1c(C(C)N)cc(C)cc1C(C)(C)C. The van der Waals surface area contributed by atoms with Crippen molar-refractivity contribution in [3.8, 4) is 5.75 Å². The van der Waals surface area contributed by atoms with Crippen LogP contribution in [-0.4, -0.2) is 7.11 Å². The van der Waals surface area contributed by atoms with Crippen molar-refractivity contribution < 1.29 is 4.74 Å². The summed E-state index contributed by atoms with van der Waals surface area (Å²) >= 11 is 0. The highest BCUT2D eigenvalue weighted by molar-refractivity contribution is 5.48. The van der Waals surface area contributed by atoms with Crippen LogP contribution in [0.2, 0.25) is 0 Å². The topological polar surface area (TPSA) is 35.2 Å². The van der Waals surface area contributed by atoms with E-state index < -0.39 is 0 Å². The van der Waals surface area contributed by atoms with Crippen molar-refractivity contribution in [2.75, 3.05) is 7.11 Å². The van der Waals surface area contributed by atoms with Crippen LogP contribution in [0, 0.1) is 6.92 Å². The molecule has 0 aliphatic carbocycles. The van der Waals surface area contributed by atoms with Gasteiger partial charge >= 0.3 is 0 Å². The molecule has 2 N–H and O–H groups in total. The van der Waals surface area contributed by atoms with Gasteiger partial charge in [-0.2, -0.15) is 0 Å². The summed E-state index contributed by atoms with van der Waals surface area (Å²) in [4.78, 5) is 0. The Kier molecular flexibility index (Phi) is 3.64. The lowest BCUT2D eigenvalue weighted by Crippen LogP contribution is -2.16. The average Bonchev–Trinajstić information content (AvgIpc) is 2.14. The summed E-state index contributed by atoms with van der Waals surface area (Å²) in [6.07, 6.45) is 0. The maximum absolute atomic E-state index is 5.99. The third kappa shape index (κ3) is 2.56. The molecule has 0 fully saturated rings. The molecule has 0 heterocycles. The summed E-state index contributed by atoms with van der Waals surface area (Å²) in [7, 11) is 1.71. The first-order valence-electron chi connectivity index (χ1n) is 5.72. The maximum Gasteiger partial charge on any atom is 0.127 e. The van der Waals surface area contributed by atoms with Crippen molar-refractivity contribution in [1.29, 1.82) is 0 Å². The van der Waals surface area contributed by atoms with Crippen molar-refractivity contribution in [1.82, 2.24) is 0 Å². The van der Waals surface area contributed by atoms with Gasteiger partial charge in [0.05, 0.1) is 7.11 Å². The van der Waals surface area contributed by atoms with Crippen LogP contribution in [0.3, 0.4) is 0 Å². The first kappa shape index (κ1) is 13.0. The molecule has 0 amide bonds. The molecule has 0 aromatic heterocycles. The summed E-state index contributed by atoms with van der Waals surface area (Å²) in [5, 5.41) is 0. The molecule has 16 heavy (non-hydrogen) atoms. The monoisotopic (exact) mass is 221 g/mol. The normalized spacial score (nSPS) is 13.7. The van der Waals surface area contributed by atoms with Gasteiger partial charge in [0, 0.05) is 17.2 Å². The fourth-order valence-corrected chi connectivity index (χ4v) is 1.92. The zero-order valence-corrected chi connectivity index (χ0v) is 11.2. The molecule has 1 rings (SSSR count). The van der Waals surface area contributed by atoms with E-state index in [-0.39, 0.29) is 11.5 Å². The molecule has 0 saturated carbocycles. The first-order valence-corrected chi connectivity index (χ1v) is 5.72. The van der Waals surface area contributed by atoms with Gasteiger partial charge in [-0.3, -0.25) is 0 Å². The number of nitrogens with two attached hydrogens (primary N) is 1. The number of ether oxygens (including phenoxy) is 1. The fourth-order valence-electron chi connectivity index (χ4n) is 1.92. The van der Waals surface area contributed by atoms with E-state index in [0.29, 0.717) is 0 Å². The predicted octanol–water partition coefficient (Wildman–Crippen LogP) is 3.32. The summed E-state index contributed by atoms with van der Waals surface area (Å²) in [6.45, 7) is 10.7. The molecule has 1 atom stereocenters. The van der Waals surface area contributed by atoms with Crippen LogP contribution in [0.1, 0.15) is 50.4 Å². The van der Waals surface area contributed by atoms with Gasteiger partial charge in [-0.15, -0.1) is 0 Å². The first-order chi connectivity index (χ1) is 7.27. The average molecular weight is 221 g/mol. The van der Waals surface area contributed by atoms with Gasteiger partial charge in [0.25, 0.3) is 0 Å². The van der Waals surface area contributed by atoms with Crippen LogP contribution in [-0.2, 0) is 5.41 Å². The highest BCUT2D eigenvalue weighted by atomic mass is 16.5. The number of benzene rings is 1. The Morgan fingerprint density at radius 1 is 1.25 bits per heavy atom. The Labute approximate surface area is 98.8 Å². The van der Waals surface area contributed by atoms with Crippen molar-refractivity contribution in [3.63, 3.8) is 0 Å². The number of aryl methyl sites for hydroxylation is 1. The summed E-state index contributed by atoms with van der Waals surface area (Å²) in [5.41, 5.74) is 9.61. The minimum absolute atomic E-state index is 0.00375.